The highest BCUT2D eigenvalue weighted by molar-refractivity contribution is 5.84. The van der Waals surface area contributed by atoms with Gasteiger partial charge in [0.25, 0.3) is 5.56 Å². The normalized spacial score (nSPS) is 11.1. The molecule has 0 bridgehead atoms. The van der Waals surface area contributed by atoms with Crippen LogP contribution < -0.4 is 19.8 Å². The van der Waals surface area contributed by atoms with Gasteiger partial charge < -0.3 is 19.2 Å². The van der Waals surface area contributed by atoms with Crippen molar-refractivity contribution in [1.82, 2.24) is 9.97 Å². The van der Waals surface area contributed by atoms with Crippen LogP contribution in [0.1, 0.15) is 25.2 Å². The molecule has 0 spiro atoms. The molecule has 1 N–H and O–H groups in total. The lowest BCUT2D eigenvalue weighted by Gasteiger charge is -2.11. The molecule has 0 saturated carbocycles. The Morgan fingerprint density at radius 1 is 1.00 bits per heavy atom. The molecule has 0 amide bonds. The molecule has 0 atom stereocenters. The highest BCUT2D eigenvalue weighted by atomic mass is 16.5. The van der Waals surface area contributed by atoms with E-state index in [4.69, 9.17) is 14.2 Å². The Balaban J connectivity index is 1.96. The molecule has 140 valence electrons. The zero-order chi connectivity index (χ0) is 19.2. The molecule has 0 aliphatic rings. The zero-order valence-corrected chi connectivity index (χ0v) is 15.6. The molecule has 1 heterocycles. The summed E-state index contributed by atoms with van der Waals surface area (Å²) < 4.78 is 16.5. The van der Waals surface area contributed by atoms with Gasteiger partial charge in [0.05, 0.1) is 25.7 Å². The van der Waals surface area contributed by atoms with Gasteiger partial charge in [0.1, 0.15) is 17.1 Å². The summed E-state index contributed by atoms with van der Waals surface area (Å²) >= 11 is 0. The highest BCUT2D eigenvalue weighted by Crippen LogP contribution is 2.29. The molecule has 0 radical (unpaired) electrons. The van der Waals surface area contributed by atoms with Gasteiger partial charge in [-0.15, -0.1) is 0 Å². The maximum atomic E-state index is 12.3. The standard InChI is InChI=1S/C21H22N2O4/c1-4-26-16-11-9-14(13-18(16)27-5-2)10-12-19-22-20-15(21(24)23-19)7-6-8-17(20)25-3/h6-13H,4-5H2,1-3H3,(H,22,23,24)/b12-10+. The van der Waals surface area contributed by atoms with E-state index < -0.39 is 0 Å². The van der Waals surface area contributed by atoms with Crippen LogP contribution in [0.2, 0.25) is 0 Å². The first-order chi connectivity index (χ1) is 13.2. The molecule has 6 nitrogen and oxygen atoms in total. The molecule has 1 aromatic heterocycles. The Hall–Kier alpha value is -3.28. The predicted molar refractivity (Wildman–Crippen MR) is 107 cm³/mol. The molecule has 3 aromatic rings. The quantitative estimate of drug-likeness (QED) is 0.686. The van der Waals surface area contributed by atoms with E-state index in [9.17, 15) is 4.79 Å². The van der Waals surface area contributed by atoms with Crippen molar-refractivity contribution in [3.8, 4) is 17.2 Å². The number of benzene rings is 2. The van der Waals surface area contributed by atoms with E-state index >= 15 is 0 Å². The number of nitrogens with zero attached hydrogens (tertiary/aromatic N) is 1. The Morgan fingerprint density at radius 3 is 2.52 bits per heavy atom. The fraction of sp³-hybridized carbons (Fsp3) is 0.238. The highest BCUT2D eigenvalue weighted by Gasteiger charge is 2.08. The number of nitrogens with one attached hydrogen (secondary N) is 1. The summed E-state index contributed by atoms with van der Waals surface area (Å²) in [4.78, 5) is 19.6. The van der Waals surface area contributed by atoms with Crippen LogP contribution in [0.5, 0.6) is 17.2 Å². The number of H-pyrrole nitrogens is 1. The van der Waals surface area contributed by atoms with Gasteiger partial charge in [-0.05, 0) is 49.8 Å². The topological polar surface area (TPSA) is 73.4 Å². The number of ether oxygens (including phenoxy) is 3. The lowest BCUT2D eigenvalue weighted by atomic mass is 10.2. The van der Waals surface area contributed by atoms with E-state index in [0.29, 0.717) is 47.2 Å². The second-order valence-electron chi connectivity index (χ2n) is 5.71. The molecule has 0 aliphatic heterocycles. The van der Waals surface area contributed by atoms with Crippen molar-refractivity contribution < 1.29 is 14.2 Å². The van der Waals surface area contributed by atoms with Crippen LogP contribution in [0.15, 0.2) is 41.2 Å². The fourth-order valence-electron chi connectivity index (χ4n) is 2.74. The second kappa shape index (κ2) is 8.40. The SMILES string of the molecule is CCOc1ccc(/C=C/c2nc3c(OC)cccc3c(=O)[nH]2)cc1OCC. The second-order valence-corrected chi connectivity index (χ2v) is 5.71. The minimum Gasteiger partial charge on any atom is -0.494 e. The van der Waals surface area contributed by atoms with E-state index in [-0.39, 0.29) is 5.56 Å². The van der Waals surface area contributed by atoms with Crippen molar-refractivity contribution in [2.45, 2.75) is 13.8 Å². The van der Waals surface area contributed by atoms with E-state index in [1.54, 1.807) is 31.4 Å². The number of hydrogen-bond donors (Lipinski definition) is 1. The first-order valence-electron chi connectivity index (χ1n) is 8.81. The first kappa shape index (κ1) is 18.5. The van der Waals surface area contributed by atoms with Crippen molar-refractivity contribution in [2.75, 3.05) is 20.3 Å². The predicted octanol–water partition coefficient (Wildman–Crippen LogP) is 3.90. The third kappa shape index (κ3) is 4.11. The molecule has 0 aliphatic carbocycles. The van der Waals surface area contributed by atoms with Crippen LogP contribution in [0.25, 0.3) is 23.1 Å². The molecule has 6 heteroatoms. The lowest BCUT2D eigenvalue weighted by molar-refractivity contribution is 0.287. The summed E-state index contributed by atoms with van der Waals surface area (Å²) in [7, 11) is 1.56. The van der Waals surface area contributed by atoms with Crippen molar-refractivity contribution in [2.24, 2.45) is 0 Å². The van der Waals surface area contributed by atoms with E-state index in [0.717, 1.165) is 5.56 Å². The molecule has 3 rings (SSSR count). The molecular formula is C21H22N2O4. The third-order valence-corrected chi connectivity index (χ3v) is 3.94. The van der Waals surface area contributed by atoms with Crippen molar-refractivity contribution in [3.05, 3.63) is 58.1 Å². The summed E-state index contributed by atoms with van der Waals surface area (Å²) in [5, 5.41) is 0.492. The Bertz CT molecular complexity index is 1020. The smallest absolute Gasteiger partial charge is 0.259 e. The van der Waals surface area contributed by atoms with Crippen molar-refractivity contribution in [1.29, 1.82) is 0 Å². The number of methoxy groups -OCH3 is 1. The number of rotatable bonds is 7. The van der Waals surface area contributed by atoms with Gasteiger partial charge in [-0.25, -0.2) is 4.98 Å². The maximum Gasteiger partial charge on any atom is 0.259 e. The lowest BCUT2D eigenvalue weighted by Crippen LogP contribution is -2.10. The van der Waals surface area contributed by atoms with E-state index in [2.05, 4.69) is 9.97 Å². The Morgan fingerprint density at radius 2 is 1.78 bits per heavy atom. The largest absolute Gasteiger partial charge is 0.494 e. The molecule has 2 aromatic carbocycles. The number of para-hydroxylation sites is 1. The van der Waals surface area contributed by atoms with Gasteiger partial charge in [-0.1, -0.05) is 18.2 Å². The van der Waals surface area contributed by atoms with Gasteiger partial charge in [-0.2, -0.15) is 0 Å². The third-order valence-electron chi connectivity index (χ3n) is 3.94. The van der Waals surface area contributed by atoms with Crippen molar-refractivity contribution in [3.63, 3.8) is 0 Å². The summed E-state index contributed by atoms with van der Waals surface area (Å²) in [6, 6.07) is 11.0. The molecule has 27 heavy (non-hydrogen) atoms. The monoisotopic (exact) mass is 366 g/mol. The Labute approximate surface area is 157 Å². The van der Waals surface area contributed by atoms with Crippen LogP contribution in [0.3, 0.4) is 0 Å². The van der Waals surface area contributed by atoms with E-state index in [1.807, 2.05) is 38.1 Å². The van der Waals surface area contributed by atoms with Crippen LogP contribution in [0, 0.1) is 0 Å². The fourth-order valence-corrected chi connectivity index (χ4v) is 2.74. The maximum absolute atomic E-state index is 12.3. The number of fused-ring (bicyclic) bond motifs is 1. The summed E-state index contributed by atoms with van der Waals surface area (Å²) in [5.74, 6) is 2.40. The van der Waals surface area contributed by atoms with Gasteiger partial charge in [0, 0.05) is 0 Å². The average Bonchev–Trinajstić information content (AvgIpc) is 2.68. The van der Waals surface area contributed by atoms with Gasteiger partial charge >= 0.3 is 0 Å². The average molecular weight is 366 g/mol. The minimum absolute atomic E-state index is 0.208. The summed E-state index contributed by atoms with van der Waals surface area (Å²) in [6.45, 7) is 4.97. The van der Waals surface area contributed by atoms with Gasteiger partial charge in [0.2, 0.25) is 0 Å². The molecular weight excluding hydrogens is 344 g/mol. The van der Waals surface area contributed by atoms with Gasteiger partial charge in [0.15, 0.2) is 11.5 Å². The molecule has 0 fully saturated rings. The number of aromatic nitrogens is 2. The first-order valence-corrected chi connectivity index (χ1v) is 8.81. The van der Waals surface area contributed by atoms with Crippen LogP contribution in [-0.2, 0) is 0 Å². The summed E-state index contributed by atoms with van der Waals surface area (Å²) in [5.41, 5.74) is 1.23. The zero-order valence-electron chi connectivity index (χ0n) is 15.6. The van der Waals surface area contributed by atoms with Crippen LogP contribution >= 0.6 is 0 Å². The number of aromatic amines is 1. The number of hydrogen-bond acceptors (Lipinski definition) is 5. The Kier molecular flexibility index (Phi) is 5.76. The van der Waals surface area contributed by atoms with Crippen LogP contribution in [0.4, 0.5) is 0 Å². The van der Waals surface area contributed by atoms with Gasteiger partial charge in [-0.3, -0.25) is 4.79 Å². The van der Waals surface area contributed by atoms with Crippen molar-refractivity contribution >= 4 is 23.1 Å². The minimum atomic E-state index is -0.208. The molecule has 0 unspecified atom stereocenters. The molecule has 0 saturated heterocycles. The van der Waals surface area contributed by atoms with E-state index in [1.165, 1.54) is 0 Å². The van der Waals surface area contributed by atoms with Crippen LogP contribution in [-0.4, -0.2) is 30.3 Å². The summed E-state index contributed by atoms with van der Waals surface area (Å²) in [6.07, 6.45) is 3.61.